The maximum atomic E-state index is 11.8. The smallest absolute Gasteiger partial charge is 0.226 e. The molecule has 0 unspecified atom stereocenters. The van der Waals surface area contributed by atoms with Crippen LogP contribution in [0.3, 0.4) is 0 Å². The highest BCUT2D eigenvalue weighted by atomic mass is 35.5. The van der Waals surface area contributed by atoms with Gasteiger partial charge in [0.1, 0.15) is 5.75 Å². The van der Waals surface area contributed by atoms with Gasteiger partial charge in [-0.2, -0.15) is 0 Å². The maximum Gasteiger partial charge on any atom is 0.226 e. The van der Waals surface area contributed by atoms with Crippen LogP contribution in [0.4, 0.5) is 5.69 Å². The number of methoxy groups -OCH3 is 1. The maximum absolute atomic E-state index is 11.8. The molecule has 116 valence electrons. The quantitative estimate of drug-likeness (QED) is 0.878. The molecule has 0 heterocycles. The number of rotatable bonds is 5. The molecule has 0 saturated carbocycles. The number of nitrogens with one attached hydrogen (secondary N) is 2. The standard InChI is InChI=1S/C15H21ClN2O3/c1-15(2,3)14(20)17-8-7-13(19)18-10-5-6-12(21-4)11(16)9-10/h5-6,9H,7-8H2,1-4H3,(H,17,20)(H,18,19). The second-order valence-corrected chi connectivity index (χ2v) is 6.06. The summed E-state index contributed by atoms with van der Waals surface area (Å²) < 4.78 is 5.04. The monoisotopic (exact) mass is 312 g/mol. The minimum atomic E-state index is -0.458. The molecule has 0 spiro atoms. The molecule has 5 nitrogen and oxygen atoms in total. The SMILES string of the molecule is COc1ccc(NC(=O)CCNC(=O)C(C)(C)C)cc1Cl. The number of hydrogen-bond donors (Lipinski definition) is 2. The molecule has 1 aromatic carbocycles. The topological polar surface area (TPSA) is 67.4 Å². The van der Waals surface area contributed by atoms with Crippen LogP contribution in [0.5, 0.6) is 5.75 Å². The molecular weight excluding hydrogens is 292 g/mol. The third-order valence-electron chi connectivity index (χ3n) is 2.75. The molecule has 21 heavy (non-hydrogen) atoms. The second-order valence-electron chi connectivity index (χ2n) is 5.65. The van der Waals surface area contributed by atoms with Gasteiger partial charge in [0.15, 0.2) is 0 Å². The average Bonchev–Trinajstić information content (AvgIpc) is 2.37. The lowest BCUT2D eigenvalue weighted by Crippen LogP contribution is -2.36. The highest BCUT2D eigenvalue weighted by Gasteiger charge is 2.20. The number of carbonyl (C=O) groups is 2. The van der Waals surface area contributed by atoms with E-state index < -0.39 is 5.41 Å². The highest BCUT2D eigenvalue weighted by molar-refractivity contribution is 6.32. The molecule has 0 fully saturated rings. The van der Waals surface area contributed by atoms with Crippen molar-refractivity contribution in [2.45, 2.75) is 27.2 Å². The first-order valence-corrected chi connectivity index (χ1v) is 7.03. The van der Waals surface area contributed by atoms with Gasteiger partial charge in [-0.3, -0.25) is 9.59 Å². The van der Waals surface area contributed by atoms with E-state index in [2.05, 4.69) is 10.6 Å². The normalized spacial score (nSPS) is 10.9. The van der Waals surface area contributed by atoms with Gasteiger partial charge in [0.2, 0.25) is 11.8 Å². The minimum absolute atomic E-state index is 0.0807. The zero-order valence-corrected chi connectivity index (χ0v) is 13.5. The molecule has 0 atom stereocenters. The number of anilines is 1. The van der Waals surface area contributed by atoms with Crippen molar-refractivity contribution < 1.29 is 14.3 Å². The predicted octanol–water partition coefficient (Wildman–Crippen LogP) is 2.84. The third-order valence-corrected chi connectivity index (χ3v) is 3.05. The van der Waals surface area contributed by atoms with E-state index in [1.165, 1.54) is 7.11 Å². The molecule has 0 aliphatic rings. The number of benzene rings is 1. The first-order chi connectivity index (χ1) is 9.74. The van der Waals surface area contributed by atoms with Gasteiger partial charge < -0.3 is 15.4 Å². The Morgan fingerprint density at radius 3 is 2.48 bits per heavy atom. The van der Waals surface area contributed by atoms with E-state index >= 15 is 0 Å². The summed E-state index contributed by atoms with van der Waals surface area (Å²) in [5.41, 5.74) is 0.132. The Hall–Kier alpha value is -1.75. The Kier molecular flexibility index (Phi) is 6.03. The van der Waals surface area contributed by atoms with Crippen molar-refractivity contribution in [1.82, 2.24) is 5.32 Å². The number of carbonyl (C=O) groups excluding carboxylic acids is 2. The van der Waals surface area contributed by atoms with Crippen molar-refractivity contribution in [3.05, 3.63) is 23.2 Å². The van der Waals surface area contributed by atoms with Crippen molar-refractivity contribution in [1.29, 1.82) is 0 Å². The van der Waals surface area contributed by atoms with E-state index in [-0.39, 0.29) is 18.2 Å². The Balaban J connectivity index is 2.44. The van der Waals surface area contributed by atoms with Crippen LogP contribution in [-0.2, 0) is 9.59 Å². The van der Waals surface area contributed by atoms with E-state index in [0.717, 1.165) is 0 Å². The molecule has 1 aromatic rings. The highest BCUT2D eigenvalue weighted by Crippen LogP contribution is 2.27. The molecule has 6 heteroatoms. The zero-order valence-electron chi connectivity index (χ0n) is 12.7. The summed E-state index contributed by atoms with van der Waals surface area (Å²) >= 11 is 5.98. The van der Waals surface area contributed by atoms with E-state index in [0.29, 0.717) is 23.0 Å². The molecule has 0 aliphatic heterocycles. The van der Waals surface area contributed by atoms with E-state index in [9.17, 15) is 9.59 Å². The Morgan fingerprint density at radius 2 is 1.95 bits per heavy atom. The Morgan fingerprint density at radius 1 is 1.29 bits per heavy atom. The fraction of sp³-hybridized carbons (Fsp3) is 0.467. The van der Waals surface area contributed by atoms with Crippen LogP contribution in [-0.4, -0.2) is 25.5 Å². The van der Waals surface area contributed by atoms with Crippen molar-refractivity contribution in [2.24, 2.45) is 5.41 Å². The van der Waals surface area contributed by atoms with Crippen molar-refractivity contribution in [3.63, 3.8) is 0 Å². The molecule has 0 aromatic heterocycles. The van der Waals surface area contributed by atoms with E-state index in [4.69, 9.17) is 16.3 Å². The Bertz CT molecular complexity index is 524. The van der Waals surface area contributed by atoms with Gasteiger partial charge in [-0.1, -0.05) is 32.4 Å². The van der Waals surface area contributed by atoms with Gasteiger partial charge in [-0.05, 0) is 18.2 Å². The van der Waals surface area contributed by atoms with Crippen LogP contribution in [0.1, 0.15) is 27.2 Å². The Labute approximate surface area is 130 Å². The summed E-state index contributed by atoms with van der Waals surface area (Å²) in [5.74, 6) is 0.278. The van der Waals surface area contributed by atoms with Crippen molar-refractivity contribution in [3.8, 4) is 5.75 Å². The van der Waals surface area contributed by atoms with Crippen LogP contribution >= 0.6 is 11.6 Å². The van der Waals surface area contributed by atoms with Gasteiger partial charge in [-0.15, -0.1) is 0 Å². The third kappa shape index (κ3) is 5.63. The number of hydrogen-bond acceptors (Lipinski definition) is 3. The van der Waals surface area contributed by atoms with Crippen molar-refractivity contribution >= 4 is 29.1 Å². The number of halogens is 1. The molecular formula is C15H21ClN2O3. The summed E-state index contributed by atoms with van der Waals surface area (Å²) in [6.07, 6.45) is 0.200. The lowest BCUT2D eigenvalue weighted by molar-refractivity contribution is -0.128. The van der Waals surface area contributed by atoms with Gasteiger partial charge in [0.05, 0.1) is 12.1 Å². The molecule has 0 bridgehead atoms. The first-order valence-electron chi connectivity index (χ1n) is 6.65. The zero-order chi connectivity index (χ0) is 16.0. The van der Waals surface area contributed by atoms with Crippen LogP contribution < -0.4 is 15.4 Å². The lowest BCUT2D eigenvalue weighted by Gasteiger charge is -2.17. The average molecular weight is 313 g/mol. The fourth-order valence-corrected chi connectivity index (χ4v) is 1.78. The lowest BCUT2D eigenvalue weighted by atomic mass is 9.96. The van der Waals surface area contributed by atoms with Crippen LogP contribution in [0, 0.1) is 5.41 Å². The number of amides is 2. The van der Waals surface area contributed by atoms with Crippen LogP contribution in [0.25, 0.3) is 0 Å². The summed E-state index contributed by atoms with van der Waals surface area (Å²) in [4.78, 5) is 23.4. The molecule has 0 saturated heterocycles. The van der Waals surface area contributed by atoms with Gasteiger partial charge in [-0.25, -0.2) is 0 Å². The van der Waals surface area contributed by atoms with E-state index in [1.54, 1.807) is 18.2 Å². The van der Waals surface area contributed by atoms with Gasteiger partial charge >= 0.3 is 0 Å². The predicted molar refractivity (Wildman–Crippen MR) is 83.7 cm³/mol. The minimum Gasteiger partial charge on any atom is -0.495 e. The number of ether oxygens (including phenoxy) is 1. The summed E-state index contributed by atoms with van der Waals surface area (Å²) in [7, 11) is 1.53. The van der Waals surface area contributed by atoms with E-state index in [1.807, 2.05) is 20.8 Å². The fourth-order valence-electron chi connectivity index (χ4n) is 1.52. The van der Waals surface area contributed by atoms with Gasteiger partial charge in [0.25, 0.3) is 0 Å². The van der Waals surface area contributed by atoms with Gasteiger partial charge in [0, 0.05) is 24.1 Å². The second kappa shape index (κ2) is 7.31. The molecule has 2 amide bonds. The molecule has 0 radical (unpaired) electrons. The molecule has 0 aliphatic carbocycles. The first kappa shape index (κ1) is 17.3. The summed E-state index contributed by atoms with van der Waals surface area (Å²) in [5, 5.41) is 5.87. The molecule has 1 rings (SSSR count). The summed E-state index contributed by atoms with van der Waals surface area (Å²) in [6, 6.07) is 5.00. The summed E-state index contributed by atoms with van der Waals surface area (Å²) in [6.45, 7) is 5.76. The van der Waals surface area contributed by atoms with Crippen LogP contribution in [0.15, 0.2) is 18.2 Å². The largest absolute Gasteiger partial charge is 0.495 e. The van der Waals surface area contributed by atoms with Crippen LogP contribution in [0.2, 0.25) is 5.02 Å². The molecule has 2 N–H and O–H groups in total. The van der Waals surface area contributed by atoms with Crippen molar-refractivity contribution in [2.75, 3.05) is 19.0 Å².